The van der Waals surface area contributed by atoms with Crippen LogP contribution in [0.15, 0.2) is 41.3 Å². The van der Waals surface area contributed by atoms with Gasteiger partial charge in [-0.25, -0.2) is 4.39 Å². The fourth-order valence-corrected chi connectivity index (χ4v) is 3.50. The molecule has 9 heteroatoms. The smallest absolute Gasteiger partial charge is 0.166 e. The number of nitrogens with one attached hydrogen (secondary N) is 1. The highest BCUT2D eigenvalue weighted by Gasteiger charge is 2.20. The summed E-state index contributed by atoms with van der Waals surface area (Å²) in [6.07, 6.45) is 6.75. The molecule has 1 N–H and O–H groups in total. The van der Waals surface area contributed by atoms with Crippen LogP contribution in [0.1, 0.15) is 23.4 Å². The maximum atomic E-state index is 14.4. The van der Waals surface area contributed by atoms with Crippen LogP contribution in [0.2, 0.25) is 0 Å². The number of aliphatic imine (C=N–C) groups is 1. The number of carbonyl (C=O) groups is 1. The molecule has 164 valence electrons. The standard InChI is InChI=1S/C22H27FN6O2/c1-24-12-18(16(7-10-30)6-9-28(2)3)22-27-26-15-29(22)14-25-13-19-17-8-11-31-21(17)5-4-20(19)23/h4-5,7,10,12,15,25H,1,6,8-9,11,13-14H2,2-3H3/b16-7+,18-12-. The van der Waals surface area contributed by atoms with Gasteiger partial charge >= 0.3 is 0 Å². The Morgan fingerprint density at radius 3 is 3.03 bits per heavy atom. The largest absolute Gasteiger partial charge is 0.493 e. The summed E-state index contributed by atoms with van der Waals surface area (Å²) >= 11 is 0. The summed E-state index contributed by atoms with van der Waals surface area (Å²) in [5.74, 6) is 1.04. The molecule has 0 bridgehead atoms. The van der Waals surface area contributed by atoms with Crippen LogP contribution in [-0.4, -0.2) is 59.9 Å². The fourth-order valence-electron chi connectivity index (χ4n) is 3.50. The van der Waals surface area contributed by atoms with Crippen LogP contribution in [0.5, 0.6) is 5.75 Å². The Balaban J connectivity index is 1.77. The zero-order chi connectivity index (χ0) is 22.2. The molecule has 31 heavy (non-hydrogen) atoms. The minimum Gasteiger partial charge on any atom is -0.493 e. The van der Waals surface area contributed by atoms with Crippen molar-refractivity contribution in [1.29, 1.82) is 0 Å². The van der Waals surface area contributed by atoms with Gasteiger partial charge in [-0.1, -0.05) is 0 Å². The van der Waals surface area contributed by atoms with Crippen molar-refractivity contribution in [3.05, 3.63) is 59.1 Å². The Kier molecular flexibility index (Phi) is 7.80. The molecule has 1 aromatic carbocycles. The second-order valence-corrected chi connectivity index (χ2v) is 7.42. The van der Waals surface area contributed by atoms with Crippen LogP contribution in [0.4, 0.5) is 4.39 Å². The normalized spacial score (nSPS) is 13.9. The first-order chi connectivity index (χ1) is 15.0. The van der Waals surface area contributed by atoms with Crippen LogP contribution in [0, 0.1) is 5.82 Å². The Hall–Kier alpha value is -3.17. The van der Waals surface area contributed by atoms with Gasteiger partial charge in [-0.15, -0.1) is 10.2 Å². The molecule has 0 saturated heterocycles. The number of hydrogen-bond acceptors (Lipinski definition) is 7. The Labute approximate surface area is 181 Å². The van der Waals surface area contributed by atoms with Crippen molar-refractivity contribution < 1.29 is 13.9 Å². The molecule has 2 heterocycles. The minimum absolute atomic E-state index is 0.253. The maximum Gasteiger partial charge on any atom is 0.166 e. The van der Waals surface area contributed by atoms with E-state index in [0.29, 0.717) is 49.6 Å². The number of hydrogen-bond donors (Lipinski definition) is 1. The van der Waals surface area contributed by atoms with Crippen LogP contribution < -0.4 is 10.1 Å². The summed E-state index contributed by atoms with van der Waals surface area (Å²) in [5.41, 5.74) is 2.98. The Bertz CT molecular complexity index is 996. The van der Waals surface area contributed by atoms with Gasteiger partial charge < -0.3 is 14.2 Å². The van der Waals surface area contributed by atoms with Crippen molar-refractivity contribution in [3.8, 4) is 5.75 Å². The number of fused-ring (bicyclic) bond motifs is 1. The third-order valence-corrected chi connectivity index (χ3v) is 5.04. The van der Waals surface area contributed by atoms with E-state index in [9.17, 15) is 9.18 Å². The van der Waals surface area contributed by atoms with Crippen LogP contribution in [0.3, 0.4) is 0 Å². The lowest BCUT2D eigenvalue weighted by Gasteiger charge is -2.16. The average molecular weight is 426 g/mol. The molecule has 1 aliphatic rings. The minimum atomic E-state index is -0.253. The quantitative estimate of drug-likeness (QED) is 0.257. The first-order valence-corrected chi connectivity index (χ1v) is 10.0. The second-order valence-electron chi connectivity index (χ2n) is 7.42. The molecular formula is C22H27FN6O2. The zero-order valence-corrected chi connectivity index (χ0v) is 17.8. The van der Waals surface area contributed by atoms with Gasteiger partial charge in [-0.3, -0.25) is 15.1 Å². The summed E-state index contributed by atoms with van der Waals surface area (Å²) in [6.45, 7) is 5.56. The van der Waals surface area contributed by atoms with E-state index in [0.717, 1.165) is 29.7 Å². The number of halogens is 1. The van der Waals surface area contributed by atoms with Crippen molar-refractivity contribution in [2.75, 3.05) is 27.2 Å². The van der Waals surface area contributed by atoms with Crippen molar-refractivity contribution in [1.82, 2.24) is 25.0 Å². The van der Waals surface area contributed by atoms with E-state index in [1.807, 2.05) is 19.0 Å². The van der Waals surface area contributed by atoms with E-state index < -0.39 is 0 Å². The molecule has 2 aromatic rings. The van der Waals surface area contributed by atoms with Gasteiger partial charge in [0.15, 0.2) is 5.82 Å². The average Bonchev–Trinajstić information content (AvgIpc) is 3.40. The lowest BCUT2D eigenvalue weighted by molar-refractivity contribution is -0.104. The molecule has 1 aliphatic heterocycles. The Morgan fingerprint density at radius 2 is 2.29 bits per heavy atom. The molecule has 8 nitrogen and oxygen atoms in total. The van der Waals surface area contributed by atoms with Gasteiger partial charge in [0.1, 0.15) is 24.2 Å². The second kappa shape index (κ2) is 10.7. The van der Waals surface area contributed by atoms with Gasteiger partial charge in [0, 0.05) is 42.4 Å². The highest BCUT2D eigenvalue weighted by molar-refractivity contribution is 5.82. The molecule has 0 unspecified atom stereocenters. The van der Waals surface area contributed by atoms with Crippen molar-refractivity contribution in [3.63, 3.8) is 0 Å². The predicted molar refractivity (Wildman–Crippen MR) is 117 cm³/mol. The molecule has 0 aliphatic carbocycles. The molecule has 0 saturated carbocycles. The lowest BCUT2D eigenvalue weighted by Crippen LogP contribution is -2.21. The summed E-state index contributed by atoms with van der Waals surface area (Å²) < 4.78 is 21.7. The zero-order valence-electron chi connectivity index (χ0n) is 17.8. The van der Waals surface area contributed by atoms with Gasteiger partial charge in [-0.2, -0.15) is 0 Å². The molecule has 0 atom stereocenters. The summed E-state index contributed by atoms with van der Waals surface area (Å²) in [6, 6.07) is 3.11. The first kappa shape index (κ1) is 22.5. The molecule has 1 aromatic heterocycles. The van der Waals surface area contributed by atoms with Crippen LogP contribution in [-0.2, 0) is 24.4 Å². The summed E-state index contributed by atoms with van der Waals surface area (Å²) in [7, 11) is 3.93. The third kappa shape index (κ3) is 5.50. The molecule has 0 spiro atoms. The van der Waals surface area contributed by atoms with Crippen LogP contribution >= 0.6 is 0 Å². The van der Waals surface area contributed by atoms with Gasteiger partial charge in [0.05, 0.1) is 13.3 Å². The predicted octanol–water partition coefficient (Wildman–Crippen LogP) is 2.22. The van der Waals surface area contributed by atoms with E-state index in [4.69, 9.17) is 4.74 Å². The van der Waals surface area contributed by atoms with Crippen molar-refractivity contribution in [2.45, 2.75) is 26.1 Å². The fraction of sp³-hybridized carbons (Fsp3) is 0.364. The number of aldehydes is 1. The number of rotatable bonds is 11. The Morgan fingerprint density at radius 1 is 1.45 bits per heavy atom. The van der Waals surface area contributed by atoms with E-state index in [2.05, 4.69) is 27.2 Å². The maximum absolute atomic E-state index is 14.4. The van der Waals surface area contributed by atoms with Gasteiger partial charge in [-0.05, 0) is 51.0 Å². The number of benzene rings is 1. The van der Waals surface area contributed by atoms with Crippen molar-refractivity contribution in [2.24, 2.45) is 4.99 Å². The van der Waals surface area contributed by atoms with E-state index in [-0.39, 0.29) is 5.82 Å². The highest BCUT2D eigenvalue weighted by atomic mass is 19.1. The number of allylic oxidation sites excluding steroid dienone is 2. The van der Waals surface area contributed by atoms with Crippen molar-refractivity contribution >= 4 is 18.6 Å². The number of aromatic nitrogens is 3. The SMILES string of the molecule is C=N/C=C(/C(=C/C=O)CCN(C)C)c1nncn1CNCc1c(F)ccc2c1CCO2. The lowest BCUT2D eigenvalue weighted by atomic mass is 10.0. The first-order valence-electron chi connectivity index (χ1n) is 10.0. The van der Waals surface area contributed by atoms with Gasteiger partial charge in [0.2, 0.25) is 0 Å². The van der Waals surface area contributed by atoms with Crippen LogP contribution in [0.25, 0.3) is 5.57 Å². The number of carbonyl (C=O) groups excluding carboxylic acids is 1. The summed E-state index contributed by atoms with van der Waals surface area (Å²) in [5, 5.41) is 11.5. The molecule has 0 amide bonds. The topological polar surface area (TPSA) is 84.6 Å². The highest BCUT2D eigenvalue weighted by Crippen LogP contribution is 2.30. The third-order valence-electron chi connectivity index (χ3n) is 5.04. The number of nitrogens with zero attached hydrogens (tertiary/aromatic N) is 5. The van der Waals surface area contributed by atoms with Gasteiger partial charge in [0.25, 0.3) is 0 Å². The molecule has 0 fully saturated rings. The molecular weight excluding hydrogens is 399 g/mol. The number of ether oxygens (including phenoxy) is 1. The van der Waals surface area contributed by atoms with E-state index in [1.165, 1.54) is 12.1 Å². The van der Waals surface area contributed by atoms with E-state index >= 15 is 0 Å². The summed E-state index contributed by atoms with van der Waals surface area (Å²) in [4.78, 5) is 17.1. The molecule has 0 radical (unpaired) electrons. The monoisotopic (exact) mass is 426 g/mol. The molecule has 3 rings (SSSR count). The van der Waals surface area contributed by atoms with E-state index in [1.54, 1.807) is 23.2 Å².